The standard InChI is InChI=1S/C7H4F4N2O2/c8-4(3-7(9,10)11)13-2-1-5(14)12-6(13)15/h1-3H,(H,12,14,15)/b4-3-/i3D. The second-order valence-electron chi connectivity index (χ2n) is 2.39. The maximum atomic E-state index is 13.0. The van der Waals surface area contributed by atoms with Gasteiger partial charge in [0.25, 0.3) is 5.56 Å². The zero-order valence-corrected chi connectivity index (χ0v) is 6.93. The monoisotopic (exact) mass is 225 g/mol. The van der Waals surface area contributed by atoms with Gasteiger partial charge in [-0.25, -0.2) is 9.36 Å². The number of halogens is 4. The number of nitrogens with one attached hydrogen (secondary N) is 1. The van der Waals surface area contributed by atoms with Crippen LogP contribution >= 0.6 is 0 Å². The Morgan fingerprint density at radius 3 is 2.60 bits per heavy atom. The number of hydrogen-bond acceptors (Lipinski definition) is 2. The van der Waals surface area contributed by atoms with Gasteiger partial charge in [-0.05, 0) is 0 Å². The van der Waals surface area contributed by atoms with Gasteiger partial charge in [0, 0.05) is 12.3 Å². The number of nitrogens with zero attached hydrogens (tertiary/aromatic N) is 1. The molecule has 1 aromatic heterocycles. The van der Waals surface area contributed by atoms with E-state index in [-0.39, 0.29) is 4.57 Å². The molecule has 1 heterocycles. The van der Waals surface area contributed by atoms with Gasteiger partial charge in [0.1, 0.15) is 0 Å². The Kier molecular flexibility index (Phi) is 2.40. The highest BCUT2D eigenvalue weighted by atomic mass is 19.4. The van der Waals surface area contributed by atoms with E-state index in [4.69, 9.17) is 1.37 Å². The van der Waals surface area contributed by atoms with Crippen LogP contribution in [0.1, 0.15) is 1.37 Å². The molecule has 4 nitrogen and oxygen atoms in total. The summed E-state index contributed by atoms with van der Waals surface area (Å²) < 4.78 is 55.1. The van der Waals surface area contributed by atoms with E-state index in [1.807, 2.05) is 0 Å². The predicted molar refractivity (Wildman–Crippen MR) is 42.8 cm³/mol. The molecule has 82 valence electrons. The number of aromatic nitrogens is 2. The molecule has 0 saturated carbocycles. The van der Waals surface area contributed by atoms with Crippen molar-refractivity contribution in [3.8, 4) is 0 Å². The van der Waals surface area contributed by atoms with E-state index >= 15 is 0 Å². The van der Waals surface area contributed by atoms with E-state index in [0.29, 0.717) is 12.3 Å². The summed E-state index contributed by atoms with van der Waals surface area (Å²) in [5.41, 5.74) is -2.27. The van der Waals surface area contributed by atoms with E-state index < -0.39 is 29.4 Å². The molecule has 8 heteroatoms. The molecule has 1 aromatic rings. The lowest BCUT2D eigenvalue weighted by molar-refractivity contribution is -0.0801. The Bertz CT molecular complexity index is 542. The van der Waals surface area contributed by atoms with Gasteiger partial charge in [0.2, 0.25) is 5.95 Å². The third-order valence-electron chi connectivity index (χ3n) is 1.28. The van der Waals surface area contributed by atoms with Crippen molar-refractivity contribution in [3.05, 3.63) is 39.2 Å². The zero-order chi connectivity index (χ0) is 12.5. The van der Waals surface area contributed by atoms with Crippen LogP contribution in [-0.4, -0.2) is 15.7 Å². The third-order valence-corrected chi connectivity index (χ3v) is 1.28. The van der Waals surface area contributed by atoms with Crippen LogP contribution in [0.3, 0.4) is 0 Å². The Balaban J connectivity index is 3.41. The first-order valence-electron chi connectivity index (χ1n) is 3.99. The molecule has 1 rings (SSSR count). The first-order valence-corrected chi connectivity index (χ1v) is 3.49. The molecule has 0 spiro atoms. The van der Waals surface area contributed by atoms with Gasteiger partial charge in [-0.2, -0.15) is 17.6 Å². The van der Waals surface area contributed by atoms with Gasteiger partial charge in [0.15, 0.2) is 0 Å². The highest BCUT2D eigenvalue weighted by molar-refractivity contribution is 5.36. The summed E-state index contributed by atoms with van der Waals surface area (Å²) in [4.78, 5) is 23.0. The summed E-state index contributed by atoms with van der Waals surface area (Å²) in [5.74, 6) is -2.10. The summed E-state index contributed by atoms with van der Waals surface area (Å²) in [6, 6.07) is -1.65. The van der Waals surface area contributed by atoms with Gasteiger partial charge in [-0.15, -0.1) is 0 Å². The van der Waals surface area contributed by atoms with Crippen LogP contribution in [0.5, 0.6) is 0 Å². The SMILES string of the molecule is [2H]/C(=C(\F)n1ccc(=O)[nH]c1=O)C(F)(F)F. The Hall–Kier alpha value is -1.86. The molecule has 0 aliphatic heterocycles. The topological polar surface area (TPSA) is 54.9 Å². The van der Waals surface area contributed by atoms with E-state index in [1.165, 1.54) is 0 Å². The number of allylic oxidation sites excluding steroid dienone is 1. The van der Waals surface area contributed by atoms with Crippen molar-refractivity contribution in [2.45, 2.75) is 6.18 Å². The van der Waals surface area contributed by atoms with Crippen LogP contribution in [0.4, 0.5) is 17.6 Å². The number of alkyl halides is 3. The normalized spacial score (nSPS) is 14.5. The van der Waals surface area contributed by atoms with Crippen LogP contribution < -0.4 is 11.2 Å². The largest absolute Gasteiger partial charge is 0.414 e. The maximum Gasteiger partial charge on any atom is 0.414 e. The average molecular weight is 225 g/mol. The highest BCUT2D eigenvalue weighted by Gasteiger charge is 2.25. The molecule has 0 fully saturated rings. The van der Waals surface area contributed by atoms with Crippen LogP contribution in [0, 0.1) is 0 Å². The molecule has 0 aromatic carbocycles. The van der Waals surface area contributed by atoms with Gasteiger partial charge in [-0.3, -0.25) is 9.78 Å². The molecule has 0 radical (unpaired) electrons. The quantitative estimate of drug-likeness (QED) is 0.721. The van der Waals surface area contributed by atoms with Gasteiger partial charge >= 0.3 is 11.9 Å². The maximum absolute atomic E-state index is 13.0. The summed E-state index contributed by atoms with van der Waals surface area (Å²) in [5, 5.41) is 0. The average Bonchev–Trinajstić information content (AvgIpc) is 2.14. The van der Waals surface area contributed by atoms with Crippen LogP contribution in [-0.2, 0) is 0 Å². The van der Waals surface area contributed by atoms with Crippen molar-refractivity contribution < 1.29 is 18.9 Å². The van der Waals surface area contributed by atoms with Crippen LogP contribution in [0.25, 0.3) is 5.95 Å². The summed E-state index contributed by atoms with van der Waals surface area (Å²) >= 11 is 0. The number of aromatic amines is 1. The summed E-state index contributed by atoms with van der Waals surface area (Å²) in [6.45, 7) is 0. The smallest absolute Gasteiger partial charge is 0.274 e. The van der Waals surface area contributed by atoms with Crippen molar-refractivity contribution in [2.24, 2.45) is 0 Å². The molecular formula is C7H4F4N2O2. The van der Waals surface area contributed by atoms with Crippen LogP contribution in [0.15, 0.2) is 27.9 Å². The van der Waals surface area contributed by atoms with Crippen molar-refractivity contribution in [3.63, 3.8) is 0 Å². The Labute approximate surface area is 80.9 Å². The third kappa shape index (κ3) is 3.08. The molecule has 15 heavy (non-hydrogen) atoms. The van der Waals surface area contributed by atoms with E-state index in [2.05, 4.69) is 0 Å². The molecule has 0 bridgehead atoms. The molecule has 1 N–H and O–H groups in total. The number of rotatable bonds is 1. The number of hydrogen-bond donors (Lipinski definition) is 1. The summed E-state index contributed by atoms with van der Waals surface area (Å²) in [7, 11) is 0. The Morgan fingerprint density at radius 1 is 1.53 bits per heavy atom. The van der Waals surface area contributed by atoms with Crippen molar-refractivity contribution in [1.82, 2.24) is 9.55 Å². The Morgan fingerprint density at radius 2 is 2.13 bits per heavy atom. The fourth-order valence-electron chi connectivity index (χ4n) is 0.749. The second kappa shape index (κ2) is 3.71. The molecule has 0 unspecified atom stereocenters. The molecule has 0 aliphatic rings. The van der Waals surface area contributed by atoms with E-state index in [1.54, 1.807) is 4.98 Å². The molecule has 0 atom stereocenters. The number of H-pyrrole nitrogens is 1. The van der Waals surface area contributed by atoms with E-state index in [9.17, 15) is 27.2 Å². The first-order chi connectivity index (χ1) is 7.23. The first kappa shape index (κ1) is 9.69. The molecule has 0 aliphatic carbocycles. The minimum absolute atomic E-state index is 0.114. The lowest BCUT2D eigenvalue weighted by atomic mass is 10.5. The predicted octanol–water partition coefficient (Wildman–Crippen LogP) is 0.867. The van der Waals surface area contributed by atoms with Gasteiger partial charge in [-0.1, -0.05) is 0 Å². The van der Waals surface area contributed by atoms with E-state index in [0.717, 1.165) is 0 Å². The van der Waals surface area contributed by atoms with Crippen molar-refractivity contribution >= 4 is 5.95 Å². The molecule has 0 amide bonds. The van der Waals surface area contributed by atoms with Crippen molar-refractivity contribution in [1.29, 1.82) is 0 Å². The molecule has 0 saturated heterocycles. The highest BCUT2D eigenvalue weighted by Crippen LogP contribution is 2.20. The zero-order valence-electron chi connectivity index (χ0n) is 7.93. The lowest BCUT2D eigenvalue weighted by Gasteiger charge is -2.02. The van der Waals surface area contributed by atoms with Gasteiger partial charge < -0.3 is 0 Å². The fourth-order valence-corrected chi connectivity index (χ4v) is 0.749. The summed E-state index contributed by atoms with van der Waals surface area (Å²) in [6.07, 6.45) is -4.70. The van der Waals surface area contributed by atoms with Crippen molar-refractivity contribution in [2.75, 3.05) is 0 Å². The van der Waals surface area contributed by atoms with Crippen LogP contribution in [0.2, 0.25) is 0 Å². The minimum Gasteiger partial charge on any atom is -0.274 e. The fraction of sp³-hybridized carbons (Fsp3) is 0.143. The second-order valence-corrected chi connectivity index (χ2v) is 2.39. The van der Waals surface area contributed by atoms with Gasteiger partial charge in [0.05, 0.1) is 7.42 Å². The minimum atomic E-state index is -5.21. The lowest BCUT2D eigenvalue weighted by Crippen LogP contribution is -2.27. The molecular weight excluding hydrogens is 220 g/mol.